The second-order valence-corrected chi connectivity index (χ2v) is 8.15. The minimum atomic E-state index is -1.57. The lowest BCUT2D eigenvalue weighted by atomic mass is 9.76. The van der Waals surface area contributed by atoms with Crippen LogP contribution in [0.2, 0.25) is 5.02 Å². The number of ether oxygens (including phenoxy) is 1. The lowest BCUT2D eigenvalue weighted by molar-refractivity contribution is -0.161. The van der Waals surface area contributed by atoms with Gasteiger partial charge < -0.3 is 10.1 Å². The topological polar surface area (TPSA) is 67.9 Å². The molecule has 1 spiro atoms. The number of hydrogen-bond donors (Lipinski definition) is 1. The van der Waals surface area contributed by atoms with Gasteiger partial charge in [-0.3, -0.25) is 14.4 Å². The molecule has 1 saturated heterocycles. The number of halogens is 1. The van der Waals surface area contributed by atoms with Gasteiger partial charge in [-0.25, -0.2) is 5.06 Å². The highest BCUT2D eigenvalue weighted by Gasteiger charge is 2.67. The highest BCUT2D eigenvalue weighted by molar-refractivity contribution is 6.30. The average Bonchev–Trinajstić information content (AvgIpc) is 3.31. The van der Waals surface area contributed by atoms with Gasteiger partial charge in [0.2, 0.25) is 5.60 Å². The number of rotatable bonds is 4. The van der Waals surface area contributed by atoms with Crippen LogP contribution in [0.4, 0.5) is 11.4 Å². The molecular formula is C25H21ClN2O4. The maximum absolute atomic E-state index is 13.5. The molecule has 162 valence electrons. The molecule has 3 aromatic rings. The number of carbonyl (C=O) groups is 2. The van der Waals surface area contributed by atoms with Crippen molar-refractivity contribution in [1.29, 1.82) is 0 Å². The van der Waals surface area contributed by atoms with E-state index >= 15 is 0 Å². The van der Waals surface area contributed by atoms with E-state index in [0.29, 0.717) is 16.3 Å². The van der Waals surface area contributed by atoms with E-state index in [0.717, 1.165) is 11.3 Å². The molecule has 32 heavy (non-hydrogen) atoms. The largest absolute Gasteiger partial charge is 0.466 e. The van der Waals surface area contributed by atoms with Crippen LogP contribution in [0.15, 0.2) is 78.9 Å². The Kier molecular flexibility index (Phi) is 5.12. The number of hydroxylamine groups is 1. The van der Waals surface area contributed by atoms with Gasteiger partial charge in [-0.05, 0) is 42.8 Å². The number of esters is 1. The highest BCUT2D eigenvalue weighted by atomic mass is 35.5. The quantitative estimate of drug-likeness (QED) is 0.577. The first kappa shape index (κ1) is 20.5. The van der Waals surface area contributed by atoms with E-state index in [-0.39, 0.29) is 6.61 Å². The van der Waals surface area contributed by atoms with E-state index in [1.807, 2.05) is 60.7 Å². The van der Waals surface area contributed by atoms with Crippen LogP contribution >= 0.6 is 11.6 Å². The van der Waals surface area contributed by atoms with Crippen LogP contribution < -0.4 is 10.4 Å². The van der Waals surface area contributed by atoms with Gasteiger partial charge in [0.1, 0.15) is 5.92 Å². The predicted octanol–water partition coefficient (Wildman–Crippen LogP) is 4.86. The maximum atomic E-state index is 13.5. The Balaban J connectivity index is 1.75. The summed E-state index contributed by atoms with van der Waals surface area (Å²) in [7, 11) is 0. The van der Waals surface area contributed by atoms with Gasteiger partial charge in [0.15, 0.2) is 0 Å². The molecule has 0 saturated carbocycles. The fourth-order valence-electron chi connectivity index (χ4n) is 4.58. The predicted molar refractivity (Wildman–Crippen MR) is 121 cm³/mol. The molecule has 0 aliphatic carbocycles. The van der Waals surface area contributed by atoms with E-state index in [1.165, 1.54) is 0 Å². The molecule has 0 bridgehead atoms. The molecule has 3 atom stereocenters. The van der Waals surface area contributed by atoms with Crippen LogP contribution in [0, 0.1) is 5.92 Å². The summed E-state index contributed by atoms with van der Waals surface area (Å²) >= 11 is 6.13. The Hall–Kier alpha value is -3.35. The van der Waals surface area contributed by atoms with Gasteiger partial charge in [0.25, 0.3) is 5.91 Å². The van der Waals surface area contributed by atoms with Crippen molar-refractivity contribution in [2.45, 2.75) is 18.6 Å². The second-order valence-electron chi connectivity index (χ2n) is 7.71. The third kappa shape index (κ3) is 3.06. The first-order valence-electron chi connectivity index (χ1n) is 10.4. The summed E-state index contributed by atoms with van der Waals surface area (Å²) in [5.74, 6) is -1.85. The number of anilines is 2. The minimum Gasteiger partial charge on any atom is -0.466 e. The molecule has 2 aliphatic heterocycles. The molecule has 7 heteroatoms. The SMILES string of the molecule is CCOC(=O)[C@H]1[C@H](c2ccc(Cl)cc2)N(c2ccccc2)OC12C(=O)Nc1ccccc12. The van der Waals surface area contributed by atoms with E-state index in [9.17, 15) is 9.59 Å². The third-order valence-electron chi connectivity index (χ3n) is 5.92. The second kappa shape index (κ2) is 7.97. The number of hydrogen-bond acceptors (Lipinski definition) is 5. The number of para-hydroxylation sites is 2. The van der Waals surface area contributed by atoms with Crippen molar-refractivity contribution in [2.24, 2.45) is 5.92 Å². The van der Waals surface area contributed by atoms with Crippen molar-refractivity contribution in [3.63, 3.8) is 0 Å². The van der Waals surface area contributed by atoms with Gasteiger partial charge in [-0.15, -0.1) is 0 Å². The van der Waals surface area contributed by atoms with Gasteiger partial charge in [0.05, 0.1) is 18.3 Å². The van der Waals surface area contributed by atoms with E-state index in [1.54, 1.807) is 30.2 Å². The number of amides is 1. The zero-order valence-corrected chi connectivity index (χ0v) is 18.1. The summed E-state index contributed by atoms with van der Waals surface area (Å²) < 4.78 is 5.48. The van der Waals surface area contributed by atoms with E-state index in [4.69, 9.17) is 21.2 Å². The lowest BCUT2D eigenvalue weighted by Crippen LogP contribution is -2.45. The first-order valence-corrected chi connectivity index (χ1v) is 10.8. The summed E-state index contributed by atoms with van der Waals surface area (Å²) in [6.45, 7) is 1.93. The fraction of sp³-hybridized carbons (Fsp3) is 0.200. The van der Waals surface area contributed by atoms with Crippen molar-refractivity contribution in [3.05, 3.63) is 95.0 Å². The van der Waals surface area contributed by atoms with Crippen LogP contribution in [0.1, 0.15) is 24.1 Å². The normalized spacial score (nSPS) is 23.8. The van der Waals surface area contributed by atoms with Gasteiger partial charge in [-0.1, -0.05) is 60.1 Å². The Labute approximate surface area is 190 Å². The first-order chi connectivity index (χ1) is 15.6. The summed E-state index contributed by atoms with van der Waals surface area (Å²) in [5, 5.41) is 5.11. The molecular weight excluding hydrogens is 428 g/mol. The number of nitrogens with one attached hydrogen (secondary N) is 1. The lowest BCUT2D eigenvalue weighted by Gasteiger charge is -2.27. The summed E-state index contributed by atoms with van der Waals surface area (Å²) in [6.07, 6.45) is 0. The molecule has 3 aromatic carbocycles. The molecule has 2 heterocycles. The molecule has 1 N–H and O–H groups in total. The zero-order chi connectivity index (χ0) is 22.3. The van der Waals surface area contributed by atoms with Crippen LogP contribution in [-0.4, -0.2) is 18.5 Å². The smallest absolute Gasteiger partial charge is 0.315 e. The minimum absolute atomic E-state index is 0.188. The van der Waals surface area contributed by atoms with E-state index in [2.05, 4.69) is 5.32 Å². The van der Waals surface area contributed by atoms with Crippen molar-refractivity contribution in [3.8, 4) is 0 Å². The highest BCUT2D eigenvalue weighted by Crippen LogP contribution is 2.57. The monoisotopic (exact) mass is 448 g/mol. The number of nitrogens with zero attached hydrogens (tertiary/aromatic N) is 1. The Morgan fingerprint density at radius 1 is 1.06 bits per heavy atom. The van der Waals surface area contributed by atoms with E-state index < -0.39 is 29.4 Å². The van der Waals surface area contributed by atoms with Crippen molar-refractivity contribution in [1.82, 2.24) is 0 Å². The molecule has 1 fully saturated rings. The molecule has 0 aromatic heterocycles. The van der Waals surface area contributed by atoms with Crippen molar-refractivity contribution < 1.29 is 19.2 Å². The summed E-state index contributed by atoms with van der Waals surface area (Å²) in [6, 6.07) is 23.3. The number of carbonyl (C=O) groups excluding carboxylic acids is 2. The third-order valence-corrected chi connectivity index (χ3v) is 6.18. The summed E-state index contributed by atoms with van der Waals surface area (Å²) in [4.78, 5) is 33.4. The Morgan fingerprint density at radius 2 is 1.75 bits per heavy atom. The number of fused-ring (bicyclic) bond motifs is 2. The zero-order valence-electron chi connectivity index (χ0n) is 17.3. The molecule has 1 amide bonds. The van der Waals surface area contributed by atoms with Crippen LogP contribution in [-0.2, 0) is 24.8 Å². The molecule has 2 aliphatic rings. The molecule has 6 nitrogen and oxygen atoms in total. The maximum Gasteiger partial charge on any atom is 0.315 e. The molecule has 0 radical (unpaired) electrons. The summed E-state index contributed by atoms with van der Waals surface area (Å²) in [5.41, 5.74) is 1.17. The average molecular weight is 449 g/mol. The Morgan fingerprint density at radius 3 is 2.47 bits per heavy atom. The van der Waals surface area contributed by atoms with Crippen LogP contribution in [0.25, 0.3) is 0 Å². The standard InChI is InChI=1S/C25H21ClN2O4/c1-2-31-23(29)21-22(16-12-14-17(26)15-13-16)28(18-8-4-3-5-9-18)32-25(21)19-10-6-7-11-20(19)27-24(25)30/h3-15,21-22H,2H2,1H3,(H,27,30)/t21-,22+,25?/m1/s1. The van der Waals surface area contributed by atoms with Crippen molar-refractivity contribution >= 4 is 34.9 Å². The van der Waals surface area contributed by atoms with Gasteiger partial charge >= 0.3 is 5.97 Å². The van der Waals surface area contributed by atoms with Gasteiger partial charge in [0, 0.05) is 16.3 Å². The fourth-order valence-corrected chi connectivity index (χ4v) is 4.71. The van der Waals surface area contributed by atoms with Gasteiger partial charge in [-0.2, -0.15) is 0 Å². The molecule has 5 rings (SSSR count). The van der Waals surface area contributed by atoms with Crippen LogP contribution in [0.5, 0.6) is 0 Å². The van der Waals surface area contributed by atoms with Crippen LogP contribution in [0.3, 0.4) is 0 Å². The van der Waals surface area contributed by atoms with Crippen molar-refractivity contribution in [2.75, 3.05) is 17.0 Å². The Bertz CT molecular complexity index is 1170. The number of benzene rings is 3. The molecule has 1 unspecified atom stereocenters.